The molecule has 0 radical (unpaired) electrons. The molecule has 1 aliphatic heterocycles. The Bertz CT molecular complexity index is 475. The van der Waals surface area contributed by atoms with Crippen LogP contribution in [0.25, 0.3) is 0 Å². The smallest absolute Gasteiger partial charge is 0.319 e. The normalized spacial score (nSPS) is 18.5. The molecule has 1 unspecified atom stereocenters. The van der Waals surface area contributed by atoms with Crippen LogP contribution in [-0.2, 0) is 4.79 Å². The average Bonchev–Trinajstić information content (AvgIpc) is 2.47. The van der Waals surface area contributed by atoms with Gasteiger partial charge in [-0.05, 0) is 25.0 Å². The number of piperidine rings is 1. The zero-order valence-electron chi connectivity index (χ0n) is 11.9. The van der Waals surface area contributed by atoms with Gasteiger partial charge in [-0.2, -0.15) is 0 Å². The van der Waals surface area contributed by atoms with E-state index in [-0.39, 0.29) is 17.9 Å². The highest BCUT2D eigenvalue weighted by atomic mass is 16.2. The van der Waals surface area contributed by atoms with Gasteiger partial charge in [-0.1, -0.05) is 6.07 Å². The van der Waals surface area contributed by atoms with Gasteiger partial charge in [0.25, 0.3) is 0 Å². The van der Waals surface area contributed by atoms with Gasteiger partial charge in [0, 0.05) is 33.4 Å². The SMILES string of the molecule is CN(C)C(=O)N1CCCC(C(=O)Nc2ccccn2)C1. The van der Waals surface area contributed by atoms with E-state index in [0.717, 1.165) is 12.8 Å². The van der Waals surface area contributed by atoms with Crippen molar-refractivity contribution in [2.45, 2.75) is 12.8 Å². The minimum absolute atomic E-state index is 0.0414. The Hall–Kier alpha value is -2.11. The molecule has 6 nitrogen and oxygen atoms in total. The van der Waals surface area contributed by atoms with Gasteiger partial charge < -0.3 is 15.1 Å². The van der Waals surface area contributed by atoms with Crippen LogP contribution in [0, 0.1) is 5.92 Å². The summed E-state index contributed by atoms with van der Waals surface area (Å²) in [6.07, 6.45) is 3.29. The Morgan fingerprint density at radius 3 is 2.85 bits per heavy atom. The molecule has 6 heteroatoms. The number of likely N-dealkylation sites (tertiary alicyclic amines) is 1. The largest absolute Gasteiger partial charge is 0.331 e. The molecular formula is C14H20N4O2. The summed E-state index contributed by atoms with van der Waals surface area (Å²) in [7, 11) is 3.44. The highest BCUT2D eigenvalue weighted by Gasteiger charge is 2.29. The van der Waals surface area contributed by atoms with Crippen LogP contribution in [0.3, 0.4) is 0 Å². The molecule has 1 fully saturated rings. The number of carbonyl (C=O) groups excluding carboxylic acids is 2. The first-order valence-electron chi connectivity index (χ1n) is 6.76. The number of amides is 3. The lowest BCUT2D eigenvalue weighted by Gasteiger charge is -2.33. The molecule has 1 aromatic heterocycles. The van der Waals surface area contributed by atoms with Gasteiger partial charge in [0.2, 0.25) is 5.91 Å². The van der Waals surface area contributed by atoms with E-state index in [2.05, 4.69) is 10.3 Å². The van der Waals surface area contributed by atoms with Crippen molar-refractivity contribution < 1.29 is 9.59 Å². The van der Waals surface area contributed by atoms with Crippen LogP contribution in [0.2, 0.25) is 0 Å². The highest BCUT2D eigenvalue weighted by molar-refractivity contribution is 5.92. The van der Waals surface area contributed by atoms with Crippen LogP contribution in [0.5, 0.6) is 0 Å². The van der Waals surface area contributed by atoms with E-state index in [1.807, 2.05) is 6.07 Å². The van der Waals surface area contributed by atoms with Gasteiger partial charge in [0.05, 0.1) is 5.92 Å². The fourth-order valence-electron chi connectivity index (χ4n) is 2.31. The molecule has 0 spiro atoms. The lowest BCUT2D eigenvalue weighted by Crippen LogP contribution is -2.47. The molecule has 3 amide bonds. The van der Waals surface area contributed by atoms with Crippen molar-refractivity contribution in [2.75, 3.05) is 32.5 Å². The Labute approximate surface area is 118 Å². The number of hydrogen-bond donors (Lipinski definition) is 1. The second-order valence-corrected chi connectivity index (χ2v) is 5.17. The summed E-state index contributed by atoms with van der Waals surface area (Å²) in [4.78, 5) is 31.5. The second-order valence-electron chi connectivity index (χ2n) is 5.17. The predicted octanol–water partition coefficient (Wildman–Crippen LogP) is 1.41. The van der Waals surface area contributed by atoms with E-state index in [1.54, 1.807) is 42.2 Å². The summed E-state index contributed by atoms with van der Waals surface area (Å²) in [6.45, 7) is 1.18. The van der Waals surface area contributed by atoms with Crippen molar-refractivity contribution in [3.8, 4) is 0 Å². The monoisotopic (exact) mass is 276 g/mol. The molecule has 108 valence electrons. The number of nitrogens with zero attached hydrogens (tertiary/aromatic N) is 3. The number of anilines is 1. The molecule has 0 aromatic carbocycles. The molecule has 1 aliphatic rings. The molecule has 0 bridgehead atoms. The van der Waals surface area contributed by atoms with Gasteiger partial charge in [-0.25, -0.2) is 9.78 Å². The molecule has 0 saturated carbocycles. The van der Waals surface area contributed by atoms with E-state index in [0.29, 0.717) is 18.9 Å². The number of pyridine rings is 1. The topological polar surface area (TPSA) is 65.5 Å². The fraction of sp³-hybridized carbons (Fsp3) is 0.500. The maximum absolute atomic E-state index is 12.2. The number of carbonyl (C=O) groups is 2. The third-order valence-corrected chi connectivity index (χ3v) is 3.36. The molecule has 2 heterocycles. The van der Waals surface area contributed by atoms with Crippen LogP contribution in [-0.4, -0.2) is 53.9 Å². The first kappa shape index (κ1) is 14.3. The standard InChI is InChI=1S/C14H20N4O2/c1-17(2)14(20)18-9-5-6-11(10-18)13(19)16-12-7-3-4-8-15-12/h3-4,7-8,11H,5-6,9-10H2,1-2H3,(H,15,16,19). The summed E-state index contributed by atoms with van der Waals surface area (Å²) in [5, 5.41) is 2.80. The van der Waals surface area contributed by atoms with Crippen LogP contribution < -0.4 is 5.32 Å². The Morgan fingerprint density at radius 1 is 1.40 bits per heavy atom. The van der Waals surface area contributed by atoms with Gasteiger partial charge in [0.15, 0.2) is 0 Å². The van der Waals surface area contributed by atoms with Crippen molar-refractivity contribution in [2.24, 2.45) is 5.92 Å². The Morgan fingerprint density at radius 2 is 2.20 bits per heavy atom. The van der Waals surface area contributed by atoms with Crippen molar-refractivity contribution in [1.82, 2.24) is 14.8 Å². The first-order valence-corrected chi connectivity index (χ1v) is 6.76. The van der Waals surface area contributed by atoms with Crippen molar-refractivity contribution >= 4 is 17.8 Å². The second kappa shape index (κ2) is 6.36. The van der Waals surface area contributed by atoms with Crippen molar-refractivity contribution in [3.63, 3.8) is 0 Å². The molecule has 2 rings (SSSR count). The van der Waals surface area contributed by atoms with Gasteiger partial charge in [0.1, 0.15) is 5.82 Å². The van der Waals surface area contributed by atoms with Gasteiger partial charge >= 0.3 is 6.03 Å². The minimum Gasteiger partial charge on any atom is -0.331 e. The lowest BCUT2D eigenvalue weighted by molar-refractivity contribution is -0.121. The Balaban J connectivity index is 1.95. The molecule has 1 N–H and O–H groups in total. The fourth-order valence-corrected chi connectivity index (χ4v) is 2.31. The Kier molecular flexibility index (Phi) is 4.55. The van der Waals surface area contributed by atoms with Crippen LogP contribution in [0.4, 0.5) is 10.6 Å². The number of urea groups is 1. The maximum atomic E-state index is 12.2. The third kappa shape index (κ3) is 3.46. The summed E-state index contributed by atoms with van der Waals surface area (Å²) in [5.41, 5.74) is 0. The van der Waals surface area contributed by atoms with E-state index in [9.17, 15) is 9.59 Å². The van der Waals surface area contributed by atoms with E-state index < -0.39 is 0 Å². The summed E-state index contributed by atoms with van der Waals surface area (Å²) >= 11 is 0. The van der Waals surface area contributed by atoms with Crippen LogP contribution in [0.1, 0.15) is 12.8 Å². The molecule has 20 heavy (non-hydrogen) atoms. The van der Waals surface area contributed by atoms with E-state index >= 15 is 0 Å². The number of hydrogen-bond acceptors (Lipinski definition) is 3. The van der Waals surface area contributed by atoms with Crippen molar-refractivity contribution in [1.29, 1.82) is 0 Å². The number of rotatable bonds is 2. The molecule has 1 saturated heterocycles. The molecule has 1 aromatic rings. The quantitative estimate of drug-likeness (QED) is 0.888. The minimum atomic E-state index is -0.172. The van der Waals surface area contributed by atoms with E-state index in [1.165, 1.54) is 0 Å². The molecule has 1 atom stereocenters. The maximum Gasteiger partial charge on any atom is 0.319 e. The predicted molar refractivity (Wildman–Crippen MR) is 76.2 cm³/mol. The summed E-state index contributed by atoms with van der Waals surface area (Å²) in [5.74, 6) is 0.308. The molecule has 0 aliphatic carbocycles. The zero-order chi connectivity index (χ0) is 14.5. The number of aromatic nitrogens is 1. The first-order chi connectivity index (χ1) is 9.58. The number of nitrogens with one attached hydrogen (secondary N) is 1. The third-order valence-electron chi connectivity index (χ3n) is 3.36. The van der Waals surface area contributed by atoms with Crippen LogP contribution in [0.15, 0.2) is 24.4 Å². The highest BCUT2D eigenvalue weighted by Crippen LogP contribution is 2.19. The average molecular weight is 276 g/mol. The lowest BCUT2D eigenvalue weighted by atomic mass is 9.97. The van der Waals surface area contributed by atoms with E-state index in [4.69, 9.17) is 0 Å². The van der Waals surface area contributed by atoms with Gasteiger partial charge in [-0.15, -0.1) is 0 Å². The molecular weight excluding hydrogens is 256 g/mol. The summed E-state index contributed by atoms with van der Waals surface area (Å²) in [6, 6.07) is 5.34. The van der Waals surface area contributed by atoms with Crippen LogP contribution >= 0.6 is 0 Å². The van der Waals surface area contributed by atoms with Gasteiger partial charge in [-0.3, -0.25) is 4.79 Å². The van der Waals surface area contributed by atoms with Crippen molar-refractivity contribution in [3.05, 3.63) is 24.4 Å². The zero-order valence-corrected chi connectivity index (χ0v) is 11.9. The summed E-state index contributed by atoms with van der Waals surface area (Å²) < 4.78 is 0.